The molecule has 0 fully saturated rings. The molecule has 6 heteroatoms. The lowest BCUT2D eigenvalue weighted by Crippen LogP contribution is -2.33. The molecule has 0 amide bonds. The predicted molar refractivity (Wildman–Crippen MR) is 75.0 cm³/mol. The van der Waals surface area contributed by atoms with Gasteiger partial charge >= 0.3 is 6.18 Å². The van der Waals surface area contributed by atoms with Gasteiger partial charge in [-0.25, -0.2) is 0 Å². The molecule has 2 aromatic rings. The Labute approximate surface area is 124 Å². The van der Waals surface area contributed by atoms with Crippen LogP contribution in [0.25, 0.3) is 0 Å². The standard InChI is InChI=1S/C16H12F3NO2/c17-16(18,19)13-3-1-2-4-14(13)20-8-12-7-11(9-21)5-6-15(12)22-10-20/h1-7,9H,8,10H2. The van der Waals surface area contributed by atoms with Gasteiger partial charge in [-0.05, 0) is 30.3 Å². The van der Waals surface area contributed by atoms with E-state index in [1.54, 1.807) is 24.3 Å². The molecule has 0 aromatic heterocycles. The van der Waals surface area contributed by atoms with Crippen molar-refractivity contribution in [3.8, 4) is 5.75 Å². The number of anilines is 1. The number of alkyl halides is 3. The zero-order valence-electron chi connectivity index (χ0n) is 11.4. The van der Waals surface area contributed by atoms with Crippen LogP contribution in [0.3, 0.4) is 0 Å². The fourth-order valence-corrected chi connectivity index (χ4v) is 2.48. The van der Waals surface area contributed by atoms with E-state index in [0.717, 1.165) is 6.07 Å². The first kappa shape index (κ1) is 14.4. The van der Waals surface area contributed by atoms with Gasteiger partial charge in [-0.1, -0.05) is 12.1 Å². The van der Waals surface area contributed by atoms with E-state index in [-0.39, 0.29) is 19.0 Å². The second kappa shape index (κ2) is 5.36. The van der Waals surface area contributed by atoms with Gasteiger partial charge in [0.2, 0.25) is 0 Å². The molecule has 3 rings (SSSR count). The Hall–Kier alpha value is -2.50. The van der Waals surface area contributed by atoms with Crippen molar-refractivity contribution in [1.82, 2.24) is 0 Å². The highest BCUT2D eigenvalue weighted by Gasteiger charge is 2.35. The molecule has 0 unspecified atom stereocenters. The Kier molecular flexibility index (Phi) is 3.52. The van der Waals surface area contributed by atoms with Crippen LogP contribution in [0.2, 0.25) is 0 Å². The minimum atomic E-state index is -4.43. The third kappa shape index (κ3) is 2.64. The molecule has 0 saturated heterocycles. The van der Waals surface area contributed by atoms with Crippen LogP contribution in [0.15, 0.2) is 42.5 Å². The monoisotopic (exact) mass is 307 g/mol. The number of fused-ring (bicyclic) bond motifs is 1. The van der Waals surface area contributed by atoms with Crippen LogP contribution in [0.1, 0.15) is 21.5 Å². The van der Waals surface area contributed by atoms with Gasteiger partial charge in [0, 0.05) is 17.7 Å². The Morgan fingerprint density at radius 3 is 2.64 bits per heavy atom. The van der Waals surface area contributed by atoms with Crippen molar-refractivity contribution in [3.63, 3.8) is 0 Å². The van der Waals surface area contributed by atoms with Gasteiger partial charge in [-0.3, -0.25) is 4.79 Å². The van der Waals surface area contributed by atoms with E-state index in [1.807, 2.05) is 0 Å². The molecule has 1 aliphatic heterocycles. The lowest BCUT2D eigenvalue weighted by molar-refractivity contribution is -0.137. The van der Waals surface area contributed by atoms with E-state index >= 15 is 0 Å². The lowest BCUT2D eigenvalue weighted by atomic mass is 10.1. The number of carbonyl (C=O) groups is 1. The number of rotatable bonds is 2. The summed E-state index contributed by atoms with van der Waals surface area (Å²) in [6.45, 7) is 0.282. The maximum absolute atomic E-state index is 13.1. The van der Waals surface area contributed by atoms with Crippen LogP contribution in [-0.2, 0) is 12.7 Å². The molecule has 22 heavy (non-hydrogen) atoms. The van der Waals surface area contributed by atoms with Crippen molar-refractivity contribution in [2.45, 2.75) is 12.7 Å². The lowest BCUT2D eigenvalue weighted by Gasteiger charge is -2.32. The quantitative estimate of drug-likeness (QED) is 0.789. The average molecular weight is 307 g/mol. The second-order valence-corrected chi connectivity index (χ2v) is 4.97. The summed E-state index contributed by atoms with van der Waals surface area (Å²) in [6.07, 6.45) is -3.73. The zero-order chi connectivity index (χ0) is 15.7. The van der Waals surface area contributed by atoms with E-state index in [0.29, 0.717) is 23.2 Å². The molecule has 2 aromatic carbocycles. The highest BCUT2D eigenvalue weighted by atomic mass is 19.4. The Balaban J connectivity index is 1.97. The number of carbonyl (C=O) groups excluding carboxylic acids is 1. The molecular weight excluding hydrogens is 295 g/mol. The topological polar surface area (TPSA) is 29.5 Å². The number of ether oxygens (including phenoxy) is 1. The molecule has 0 bridgehead atoms. The number of benzene rings is 2. The van der Waals surface area contributed by atoms with Crippen molar-refractivity contribution in [2.24, 2.45) is 0 Å². The second-order valence-electron chi connectivity index (χ2n) is 4.97. The summed E-state index contributed by atoms with van der Waals surface area (Å²) >= 11 is 0. The average Bonchev–Trinajstić information content (AvgIpc) is 2.53. The molecule has 1 aliphatic rings. The van der Waals surface area contributed by atoms with Gasteiger partial charge in [0.15, 0.2) is 6.73 Å². The van der Waals surface area contributed by atoms with Crippen LogP contribution in [0.4, 0.5) is 18.9 Å². The summed E-state index contributed by atoms with van der Waals surface area (Å²) in [4.78, 5) is 12.3. The van der Waals surface area contributed by atoms with Gasteiger partial charge in [0.25, 0.3) is 0 Å². The first-order chi connectivity index (χ1) is 10.5. The summed E-state index contributed by atoms with van der Waals surface area (Å²) in [5.41, 5.74) is 0.520. The van der Waals surface area contributed by atoms with Gasteiger partial charge in [-0.2, -0.15) is 13.2 Å². The van der Waals surface area contributed by atoms with Gasteiger partial charge in [0.05, 0.1) is 11.3 Å². The molecule has 0 atom stereocenters. The highest BCUT2D eigenvalue weighted by Crippen LogP contribution is 2.38. The van der Waals surface area contributed by atoms with Gasteiger partial charge in [0.1, 0.15) is 12.0 Å². The van der Waals surface area contributed by atoms with Crippen molar-refractivity contribution < 1.29 is 22.7 Å². The predicted octanol–water partition coefficient (Wildman–Crippen LogP) is 3.87. The highest BCUT2D eigenvalue weighted by molar-refractivity contribution is 5.76. The molecule has 1 heterocycles. The van der Waals surface area contributed by atoms with E-state index in [9.17, 15) is 18.0 Å². The zero-order valence-corrected chi connectivity index (χ0v) is 11.4. The Morgan fingerprint density at radius 1 is 1.14 bits per heavy atom. The third-order valence-electron chi connectivity index (χ3n) is 3.51. The Bertz CT molecular complexity index is 713. The van der Waals surface area contributed by atoms with Gasteiger partial charge < -0.3 is 9.64 Å². The molecule has 0 radical (unpaired) electrons. The van der Waals surface area contributed by atoms with Gasteiger partial charge in [-0.15, -0.1) is 0 Å². The molecular formula is C16H12F3NO2. The van der Waals surface area contributed by atoms with Crippen LogP contribution in [0.5, 0.6) is 5.75 Å². The maximum atomic E-state index is 13.1. The molecule has 0 N–H and O–H groups in total. The number of para-hydroxylation sites is 1. The fourth-order valence-electron chi connectivity index (χ4n) is 2.48. The fraction of sp³-hybridized carbons (Fsp3) is 0.188. The summed E-state index contributed by atoms with van der Waals surface area (Å²) in [6, 6.07) is 10.3. The SMILES string of the molecule is O=Cc1ccc2c(c1)CN(c1ccccc1C(F)(F)F)CO2. The van der Waals surface area contributed by atoms with Crippen molar-refractivity contribution in [2.75, 3.05) is 11.6 Å². The summed E-state index contributed by atoms with van der Waals surface area (Å²) < 4.78 is 44.8. The molecule has 0 saturated carbocycles. The van der Waals surface area contributed by atoms with E-state index in [4.69, 9.17) is 4.74 Å². The Morgan fingerprint density at radius 2 is 1.91 bits per heavy atom. The van der Waals surface area contributed by atoms with Crippen LogP contribution >= 0.6 is 0 Å². The number of aldehydes is 1. The number of hydrogen-bond donors (Lipinski definition) is 0. The van der Waals surface area contributed by atoms with E-state index in [1.165, 1.54) is 17.0 Å². The first-order valence-electron chi connectivity index (χ1n) is 6.61. The summed E-state index contributed by atoms with van der Waals surface area (Å²) in [5.74, 6) is 0.589. The molecule has 0 aliphatic carbocycles. The largest absolute Gasteiger partial charge is 0.473 e. The molecule has 0 spiro atoms. The van der Waals surface area contributed by atoms with Crippen molar-refractivity contribution in [3.05, 3.63) is 59.2 Å². The number of halogens is 3. The minimum Gasteiger partial charge on any atom is -0.473 e. The molecule has 114 valence electrons. The smallest absolute Gasteiger partial charge is 0.418 e. The van der Waals surface area contributed by atoms with Crippen LogP contribution < -0.4 is 9.64 Å². The van der Waals surface area contributed by atoms with Crippen molar-refractivity contribution in [1.29, 1.82) is 0 Å². The summed E-state index contributed by atoms with van der Waals surface area (Å²) in [5, 5.41) is 0. The van der Waals surface area contributed by atoms with Crippen molar-refractivity contribution >= 4 is 12.0 Å². The van der Waals surface area contributed by atoms with E-state index < -0.39 is 11.7 Å². The first-order valence-corrected chi connectivity index (χ1v) is 6.61. The van der Waals surface area contributed by atoms with Crippen LogP contribution in [0, 0.1) is 0 Å². The third-order valence-corrected chi connectivity index (χ3v) is 3.51. The molecule has 3 nitrogen and oxygen atoms in total. The maximum Gasteiger partial charge on any atom is 0.418 e. The minimum absolute atomic E-state index is 0.0283. The number of nitrogens with zero attached hydrogens (tertiary/aromatic N) is 1. The summed E-state index contributed by atoms with van der Waals surface area (Å²) in [7, 11) is 0. The van der Waals surface area contributed by atoms with E-state index in [2.05, 4.69) is 0 Å². The van der Waals surface area contributed by atoms with Crippen LogP contribution in [-0.4, -0.2) is 13.0 Å². The normalized spacial score (nSPS) is 14.2. The number of hydrogen-bond acceptors (Lipinski definition) is 3.